The first-order valence-electron chi connectivity index (χ1n) is 10.5. The predicted molar refractivity (Wildman–Crippen MR) is 116 cm³/mol. The maximum atomic E-state index is 14.2. The van der Waals surface area contributed by atoms with Gasteiger partial charge >= 0.3 is 11.9 Å². The highest BCUT2D eigenvalue weighted by Crippen LogP contribution is 2.56. The van der Waals surface area contributed by atoms with E-state index in [1.165, 1.54) is 11.0 Å². The average Bonchev–Trinajstić information content (AvgIpc) is 2.97. The number of allylic oxidation sites excluding steroid dienone is 1. The van der Waals surface area contributed by atoms with Crippen LogP contribution in [0, 0.1) is 5.92 Å². The van der Waals surface area contributed by atoms with Crippen LogP contribution in [0.3, 0.4) is 0 Å². The Bertz CT molecular complexity index is 1170. The van der Waals surface area contributed by atoms with Gasteiger partial charge in [-0.2, -0.15) is 0 Å². The second kappa shape index (κ2) is 8.19. The molecule has 0 aliphatic carbocycles. The molecule has 0 fully saturated rings. The fourth-order valence-electron chi connectivity index (χ4n) is 4.64. The van der Waals surface area contributed by atoms with Gasteiger partial charge in [-0.15, -0.1) is 0 Å². The third-order valence-corrected chi connectivity index (χ3v) is 5.74. The summed E-state index contributed by atoms with van der Waals surface area (Å²) in [7, 11) is 0. The fourth-order valence-corrected chi connectivity index (χ4v) is 4.64. The fraction of sp³-hybridized carbons (Fsp3) is 0.348. The van der Waals surface area contributed by atoms with Gasteiger partial charge in [0.15, 0.2) is 0 Å². The van der Waals surface area contributed by atoms with Crippen molar-refractivity contribution in [2.75, 3.05) is 24.7 Å². The van der Waals surface area contributed by atoms with E-state index >= 15 is 0 Å². The lowest BCUT2D eigenvalue weighted by atomic mass is 9.63. The Hall–Kier alpha value is -3.95. The molecule has 2 atom stereocenters. The number of nitrogens with two attached hydrogens (primary N) is 1. The smallest absolute Gasteiger partial charge is 0.340 e. The van der Waals surface area contributed by atoms with Gasteiger partial charge in [0, 0.05) is 11.4 Å². The van der Waals surface area contributed by atoms with Crippen molar-refractivity contribution in [3.8, 4) is 0 Å². The van der Waals surface area contributed by atoms with Crippen molar-refractivity contribution in [1.29, 1.82) is 0 Å². The molecule has 0 aromatic heterocycles. The maximum absolute atomic E-state index is 14.2. The van der Waals surface area contributed by atoms with Gasteiger partial charge in [-0.25, -0.2) is 9.79 Å². The number of benzene rings is 1. The molecular weight excluding hydrogens is 430 g/mol. The molecule has 2 amide bonds. The van der Waals surface area contributed by atoms with Gasteiger partial charge in [0.05, 0.1) is 13.2 Å². The number of carbonyl (C=O) groups is 4. The monoisotopic (exact) mass is 453 g/mol. The zero-order chi connectivity index (χ0) is 23.9. The Morgan fingerprint density at radius 3 is 2.58 bits per heavy atom. The standard InChI is InChI=1S/C23H23N3O7/c1-4-31-16(27)11-26-14-9-7-6-8-13(14)23(22(26)30)17-15(10-12(3)25-20(17)28)33-19(24)18(23)21(29)32-5-2/h6-10,17H,4-5,11,24H2,1-3H3. The first kappa shape index (κ1) is 22.3. The van der Waals surface area contributed by atoms with Gasteiger partial charge in [-0.05, 0) is 38.5 Å². The molecule has 3 heterocycles. The number of esters is 2. The summed E-state index contributed by atoms with van der Waals surface area (Å²) in [5, 5.41) is 0. The first-order valence-corrected chi connectivity index (χ1v) is 10.5. The quantitative estimate of drug-likeness (QED) is 0.654. The molecule has 3 aliphatic rings. The summed E-state index contributed by atoms with van der Waals surface area (Å²) in [6, 6.07) is 6.59. The minimum Gasteiger partial charge on any atom is -0.465 e. The van der Waals surface area contributed by atoms with Gasteiger partial charge in [0.1, 0.15) is 29.2 Å². The lowest BCUT2D eigenvalue weighted by Gasteiger charge is -2.41. The number of carbonyl (C=O) groups excluding carboxylic acids is 4. The van der Waals surface area contributed by atoms with Crippen LogP contribution in [0.25, 0.3) is 0 Å². The van der Waals surface area contributed by atoms with Gasteiger partial charge in [-0.3, -0.25) is 19.3 Å². The molecule has 10 nitrogen and oxygen atoms in total. The Balaban J connectivity index is 2.01. The van der Waals surface area contributed by atoms with E-state index in [2.05, 4.69) is 4.99 Å². The van der Waals surface area contributed by atoms with Crippen LogP contribution in [0.15, 0.2) is 52.5 Å². The number of fused-ring (bicyclic) bond motifs is 4. The van der Waals surface area contributed by atoms with Crippen LogP contribution in [0.4, 0.5) is 5.69 Å². The van der Waals surface area contributed by atoms with Crippen molar-refractivity contribution in [3.63, 3.8) is 0 Å². The second-order valence-electron chi connectivity index (χ2n) is 7.65. The summed E-state index contributed by atoms with van der Waals surface area (Å²) < 4.78 is 15.9. The van der Waals surface area contributed by atoms with E-state index in [0.29, 0.717) is 17.0 Å². The highest BCUT2D eigenvalue weighted by Gasteiger charge is 2.67. The molecule has 0 radical (unpaired) electrons. The van der Waals surface area contributed by atoms with E-state index in [9.17, 15) is 19.2 Å². The molecule has 1 aromatic carbocycles. The topological polar surface area (TPSA) is 138 Å². The number of para-hydroxylation sites is 1. The normalized spacial score (nSPS) is 23.5. The molecule has 172 valence electrons. The van der Waals surface area contributed by atoms with Crippen LogP contribution in [-0.4, -0.2) is 49.2 Å². The zero-order valence-corrected chi connectivity index (χ0v) is 18.4. The van der Waals surface area contributed by atoms with Crippen molar-refractivity contribution in [2.24, 2.45) is 16.6 Å². The van der Waals surface area contributed by atoms with E-state index in [-0.39, 0.29) is 30.4 Å². The first-order chi connectivity index (χ1) is 15.8. The van der Waals surface area contributed by atoms with Crippen LogP contribution in [0.2, 0.25) is 0 Å². The number of nitrogens with zero attached hydrogens (tertiary/aromatic N) is 2. The number of hydrogen-bond acceptors (Lipinski definition) is 8. The summed E-state index contributed by atoms with van der Waals surface area (Å²) in [5.74, 6) is -4.44. The summed E-state index contributed by atoms with van der Waals surface area (Å²) in [6.07, 6.45) is 1.51. The Morgan fingerprint density at radius 1 is 1.18 bits per heavy atom. The minimum absolute atomic E-state index is 0.00659. The van der Waals surface area contributed by atoms with Crippen LogP contribution in [0.5, 0.6) is 0 Å². The third-order valence-electron chi connectivity index (χ3n) is 5.74. The second-order valence-corrected chi connectivity index (χ2v) is 7.65. The molecule has 33 heavy (non-hydrogen) atoms. The van der Waals surface area contributed by atoms with Crippen LogP contribution >= 0.6 is 0 Å². The number of hydrogen-bond donors (Lipinski definition) is 1. The van der Waals surface area contributed by atoms with Crippen molar-refractivity contribution < 1.29 is 33.4 Å². The van der Waals surface area contributed by atoms with Crippen LogP contribution < -0.4 is 10.6 Å². The lowest BCUT2D eigenvalue weighted by Crippen LogP contribution is -2.56. The summed E-state index contributed by atoms with van der Waals surface area (Å²) >= 11 is 0. The van der Waals surface area contributed by atoms with E-state index in [4.69, 9.17) is 19.9 Å². The van der Waals surface area contributed by atoms with E-state index in [1.807, 2.05) is 0 Å². The Labute approximate surface area is 189 Å². The van der Waals surface area contributed by atoms with E-state index < -0.39 is 41.6 Å². The molecule has 10 heteroatoms. The minimum atomic E-state index is -1.91. The van der Waals surface area contributed by atoms with Crippen LogP contribution in [-0.2, 0) is 38.8 Å². The lowest BCUT2D eigenvalue weighted by molar-refractivity contribution is -0.144. The molecular formula is C23H23N3O7. The Morgan fingerprint density at radius 2 is 1.88 bits per heavy atom. The zero-order valence-electron chi connectivity index (χ0n) is 18.4. The SMILES string of the molecule is CCOC(=O)CN1C(=O)C2(C(C(=O)OCC)=C(N)OC3=CC(C)=NC(=O)C32)c2ccccc21. The summed E-state index contributed by atoms with van der Waals surface area (Å²) in [5.41, 5.74) is 5.02. The van der Waals surface area contributed by atoms with E-state index in [0.717, 1.165) is 0 Å². The number of anilines is 1. The van der Waals surface area contributed by atoms with Gasteiger partial charge in [0.25, 0.3) is 5.91 Å². The number of rotatable bonds is 5. The predicted octanol–water partition coefficient (Wildman–Crippen LogP) is 1.10. The van der Waals surface area contributed by atoms with Crippen molar-refractivity contribution in [2.45, 2.75) is 26.2 Å². The van der Waals surface area contributed by atoms with Crippen molar-refractivity contribution in [1.82, 2.24) is 0 Å². The van der Waals surface area contributed by atoms with Gasteiger partial charge in [-0.1, -0.05) is 18.2 Å². The van der Waals surface area contributed by atoms with Gasteiger partial charge < -0.3 is 19.9 Å². The number of amides is 2. The molecule has 4 rings (SSSR count). The highest BCUT2D eigenvalue weighted by molar-refractivity contribution is 6.21. The van der Waals surface area contributed by atoms with E-state index in [1.54, 1.807) is 45.0 Å². The number of dihydropyridines is 1. The summed E-state index contributed by atoms with van der Waals surface area (Å²) in [6.45, 7) is 4.59. The molecule has 1 spiro atoms. The molecule has 0 saturated carbocycles. The van der Waals surface area contributed by atoms with Crippen LogP contribution in [0.1, 0.15) is 26.3 Å². The number of aliphatic imine (C=N–C) groups is 1. The summed E-state index contributed by atoms with van der Waals surface area (Å²) in [4.78, 5) is 58.1. The molecule has 0 bridgehead atoms. The highest BCUT2D eigenvalue weighted by atomic mass is 16.5. The molecule has 2 N–H and O–H groups in total. The maximum Gasteiger partial charge on any atom is 0.340 e. The van der Waals surface area contributed by atoms with Gasteiger partial charge in [0.2, 0.25) is 11.8 Å². The van der Waals surface area contributed by atoms with Crippen molar-refractivity contribution >= 4 is 35.2 Å². The molecule has 3 aliphatic heterocycles. The number of ether oxygens (including phenoxy) is 3. The third kappa shape index (κ3) is 3.21. The van der Waals surface area contributed by atoms with Crippen molar-refractivity contribution in [3.05, 3.63) is 53.1 Å². The molecule has 2 unspecified atom stereocenters. The Kier molecular flexibility index (Phi) is 5.52. The molecule has 0 saturated heterocycles. The average molecular weight is 453 g/mol. The molecule has 1 aromatic rings. The largest absolute Gasteiger partial charge is 0.465 e.